The predicted molar refractivity (Wildman–Crippen MR) is 129 cm³/mol. The molecule has 0 aliphatic carbocycles. The van der Waals surface area contributed by atoms with Crippen LogP contribution in [0, 0.1) is 0 Å². The molecule has 0 radical (unpaired) electrons. The van der Waals surface area contributed by atoms with E-state index in [2.05, 4.69) is 21.2 Å². The van der Waals surface area contributed by atoms with Gasteiger partial charge in [-0.1, -0.05) is 57.9 Å². The van der Waals surface area contributed by atoms with E-state index in [1.807, 2.05) is 6.07 Å². The Labute approximate surface area is 203 Å². The number of nitrogens with zero attached hydrogens (tertiary/aromatic N) is 1. The third kappa shape index (κ3) is 4.67. The van der Waals surface area contributed by atoms with Crippen molar-refractivity contribution in [3.05, 3.63) is 80.6 Å². The number of ketones is 1. The summed E-state index contributed by atoms with van der Waals surface area (Å²) in [6, 6.07) is 15.8. The third-order valence-corrected chi connectivity index (χ3v) is 9.24. The Balaban J connectivity index is 1.61. The number of halogens is 2. The summed E-state index contributed by atoms with van der Waals surface area (Å²) in [5, 5.41) is 2.78. The van der Waals surface area contributed by atoms with Gasteiger partial charge in [-0.15, -0.1) is 11.3 Å². The van der Waals surface area contributed by atoms with E-state index in [-0.39, 0.29) is 16.5 Å². The Hall–Kier alpha value is -2.04. The van der Waals surface area contributed by atoms with Crippen molar-refractivity contribution in [3.8, 4) is 0 Å². The van der Waals surface area contributed by atoms with E-state index < -0.39 is 22.0 Å². The molecule has 3 aromatic rings. The molecule has 2 aromatic carbocycles. The number of benzene rings is 2. The Kier molecular flexibility index (Phi) is 6.83. The minimum absolute atomic E-state index is 0.103. The number of anilines is 1. The summed E-state index contributed by atoms with van der Waals surface area (Å²) in [5.41, 5.74) is 1.13. The smallest absolute Gasteiger partial charge is 0.253 e. The van der Waals surface area contributed by atoms with Crippen molar-refractivity contribution in [2.24, 2.45) is 0 Å². The Morgan fingerprint density at radius 1 is 1.09 bits per heavy atom. The lowest BCUT2D eigenvalue weighted by Gasteiger charge is -2.23. The summed E-state index contributed by atoms with van der Waals surface area (Å²) in [7, 11) is -3.85. The van der Waals surface area contributed by atoms with Gasteiger partial charge in [0, 0.05) is 22.1 Å². The summed E-state index contributed by atoms with van der Waals surface area (Å²) in [6.45, 7) is 0.242. The van der Waals surface area contributed by atoms with Gasteiger partial charge < -0.3 is 5.32 Å². The van der Waals surface area contributed by atoms with Crippen LogP contribution < -0.4 is 5.32 Å². The van der Waals surface area contributed by atoms with E-state index in [9.17, 15) is 18.0 Å². The van der Waals surface area contributed by atoms with Crippen molar-refractivity contribution >= 4 is 66.3 Å². The van der Waals surface area contributed by atoms with Crippen LogP contribution >= 0.6 is 38.9 Å². The third-order valence-electron chi connectivity index (χ3n) is 5.14. The molecule has 1 aliphatic heterocycles. The summed E-state index contributed by atoms with van der Waals surface area (Å²) in [4.78, 5) is 26.2. The molecule has 10 heteroatoms. The van der Waals surface area contributed by atoms with E-state index >= 15 is 0 Å². The number of thiophene rings is 1. The average molecular weight is 554 g/mol. The van der Waals surface area contributed by atoms with Crippen LogP contribution in [0.2, 0.25) is 4.34 Å². The molecule has 1 unspecified atom stereocenters. The maximum Gasteiger partial charge on any atom is 0.253 e. The van der Waals surface area contributed by atoms with Crippen LogP contribution in [0.3, 0.4) is 0 Å². The quantitative estimate of drug-likeness (QED) is 0.426. The second-order valence-electron chi connectivity index (χ2n) is 7.21. The topological polar surface area (TPSA) is 83.6 Å². The minimum atomic E-state index is -3.85. The zero-order valence-corrected chi connectivity index (χ0v) is 20.6. The first kappa shape index (κ1) is 23.1. The number of carbonyl (C=O) groups is 2. The van der Waals surface area contributed by atoms with Crippen molar-refractivity contribution in [3.63, 3.8) is 0 Å². The monoisotopic (exact) mass is 552 g/mol. The SMILES string of the molecule is O=C(c1ccccc1)c1cc(Br)ccc1NC(=O)C1CCCN1S(=O)(=O)c1ccc(Cl)s1. The normalized spacial score (nSPS) is 16.8. The van der Waals surface area contributed by atoms with Crippen molar-refractivity contribution < 1.29 is 18.0 Å². The molecule has 1 amide bonds. The number of amides is 1. The maximum atomic E-state index is 13.1. The van der Waals surface area contributed by atoms with E-state index in [0.29, 0.717) is 38.5 Å². The lowest BCUT2D eigenvalue weighted by molar-refractivity contribution is -0.119. The number of sulfonamides is 1. The highest BCUT2D eigenvalue weighted by atomic mass is 79.9. The van der Waals surface area contributed by atoms with Gasteiger partial charge in [0.1, 0.15) is 10.3 Å². The van der Waals surface area contributed by atoms with Crippen LogP contribution in [-0.2, 0) is 14.8 Å². The van der Waals surface area contributed by atoms with Gasteiger partial charge in [-0.25, -0.2) is 8.42 Å². The fourth-order valence-corrected chi connectivity index (χ4v) is 7.25. The number of carbonyl (C=O) groups excluding carboxylic acids is 2. The number of hydrogen-bond acceptors (Lipinski definition) is 5. The summed E-state index contributed by atoms with van der Waals surface area (Å²) >= 11 is 10.2. The second-order valence-corrected chi connectivity index (χ2v) is 12.0. The van der Waals surface area contributed by atoms with Gasteiger partial charge in [0.25, 0.3) is 10.0 Å². The van der Waals surface area contributed by atoms with Gasteiger partial charge in [0.05, 0.1) is 10.0 Å². The molecule has 1 aliphatic rings. The van der Waals surface area contributed by atoms with Gasteiger partial charge in [-0.2, -0.15) is 4.31 Å². The summed E-state index contributed by atoms with van der Waals surface area (Å²) in [6.07, 6.45) is 0.954. The molecule has 1 saturated heterocycles. The molecule has 0 saturated carbocycles. The van der Waals surface area contributed by atoms with E-state index in [4.69, 9.17) is 11.6 Å². The van der Waals surface area contributed by atoms with Crippen molar-refractivity contribution in [2.45, 2.75) is 23.1 Å². The van der Waals surface area contributed by atoms with Crippen LogP contribution in [0.25, 0.3) is 0 Å². The minimum Gasteiger partial charge on any atom is -0.324 e. The standard InChI is InChI=1S/C22H18BrClN2O4S2/c23-15-8-9-17(16(13-15)21(27)14-5-2-1-3-6-14)25-22(28)18-7-4-12-26(18)32(29,30)20-11-10-19(24)31-20/h1-3,5-6,8-11,13,18H,4,7,12H2,(H,25,28). The van der Waals surface area contributed by atoms with Gasteiger partial charge in [-0.05, 0) is 43.2 Å². The van der Waals surface area contributed by atoms with Crippen LogP contribution in [-0.4, -0.2) is 37.0 Å². The van der Waals surface area contributed by atoms with E-state index in [1.165, 1.54) is 16.4 Å². The summed E-state index contributed by atoms with van der Waals surface area (Å²) in [5.74, 6) is -0.718. The fraction of sp³-hybridized carbons (Fsp3) is 0.182. The summed E-state index contributed by atoms with van der Waals surface area (Å²) < 4.78 is 28.5. The van der Waals surface area contributed by atoms with Crippen LogP contribution in [0.1, 0.15) is 28.8 Å². The number of nitrogens with one attached hydrogen (secondary N) is 1. The zero-order chi connectivity index (χ0) is 22.9. The predicted octanol–water partition coefficient (Wildman–Crippen LogP) is 5.19. The highest BCUT2D eigenvalue weighted by Gasteiger charge is 2.40. The largest absolute Gasteiger partial charge is 0.324 e. The van der Waals surface area contributed by atoms with Crippen LogP contribution in [0.5, 0.6) is 0 Å². The first-order chi connectivity index (χ1) is 15.3. The molecule has 32 heavy (non-hydrogen) atoms. The molecule has 1 fully saturated rings. The molecule has 0 bridgehead atoms. The Bertz CT molecular complexity index is 1280. The van der Waals surface area contributed by atoms with Crippen molar-refractivity contribution in [1.29, 1.82) is 0 Å². The fourth-order valence-electron chi connectivity index (χ4n) is 3.62. The molecule has 2 heterocycles. The van der Waals surface area contributed by atoms with Crippen LogP contribution in [0.4, 0.5) is 5.69 Å². The highest BCUT2D eigenvalue weighted by Crippen LogP contribution is 2.33. The van der Waals surface area contributed by atoms with Gasteiger partial charge in [-0.3, -0.25) is 9.59 Å². The second kappa shape index (κ2) is 9.44. The van der Waals surface area contributed by atoms with Crippen molar-refractivity contribution in [2.75, 3.05) is 11.9 Å². The average Bonchev–Trinajstić information content (AvgIpc) is 3.45. The first-order valence-electron chi connectivity index (χ1n) is 9.75. The molecule has 6 nitrogen and oxygen atoms in total. The molecular weight excluding hydrogens is 536 g/mol. The molecule has 1 N–H and O–H groups in total. The molecule has 1 aromatic heterocycles. The Morgan fingerprint density at radius 2 is 1.84 bits per heavy atom. The number of hydrogen-bond donors (Lipinski definition) is 1. The van der Waals surface area contributed by atoms with E-state index in [1.54, 1.807) is 42.5 Å². The van der Waals surface area contributed by atoms with Crippen LogP contribution in [0.15, 0.2) is 69.3 Å². The maximum absolute atomic E-state index is 13.1. The van der Waals surface area contributed by atoms with Gasteiger partial charge >= 0.3 is 0 Å². The Morgan fingerprint density at radius 3 is 2.53 bits per heavy atom. The molecule has 4 rings (SSSR count). The zero-order valence-electron chi connectivity index (χ0n) is 16.6. The molecule has 1 atom stereocenters. The molecule has 166 valence electrons. The lowest BCUT2D eigenvalue weighted by atomic mass is 10.0. The van der Waals surface area contributed by atoms with Gasteiger partial charge in [0.15, 0.2) is 5.78 Å². The molecule has 0 spiro atoms. The van der Waals surface area contributed by atoms with Gasteiger partial charge in [0.2, 0.25) is 5.91 Å². The number of rotatable bonds is 6. The lowest BCUT2D eigenvalue weighted by Crippen LogP contribution is -2.43. The highest BCUT2D eigenvalue weighted by molar-refractivity contribution is 9.10. The van der Waals surface area contributed by atoms with E-state index in [0.717, 1.165) is 11.3 Å². The van der Waals surface area contributed by atoms with Crippen molar-refractivity contribution in [1.82, 2.24) is 4.31 Å². The molecular formula is C22H18BrClN2O4S2. The first-order valence-corrected chi connectivity index (χ1v) is 13.2.